The molecule has 2 amide bonds. The van der Waals surface area contributed by atoms with Crippen LogP contribution in [0.15, 0.2) is 4.34 Å². The number of anilines is 1. The van der Waals surface area contributed by atoms with Crippen LogP contribution in [0.25, 0.3) is 0 Å². The van der Waals surface area contributed by atoms with Gasteiger partial charge in [0.05, 0.1) is 0 Å². The molecular formula is C10H16N4O4S2. The number of aromatic nitrogens is 2. The van der Waals surface area contributed by atoms with Gasteiger partial charge in [0.1, 0.15) is 0 Å². The standard InChI is InChI=1S/C10H16N4O4S2/c1-3-4-5-6-8(16)11-9-12-13-10(19-9)20(17,18)14-7(2)15/h3-6H2,1-2H3,(H,14,15)(H,11,12,16). The molecule has 112 valence electrons. The quantitative estimate of drug-likeness (QED) is 0.569. The van der Waals surface area contributed by atoms with Crippen molar-refractivity contribution in [1.29, 1.82) is 0 Å². The van der Waals surface area contributed by atoms with E-state index in [-0.39, 0.29) is 15.4 Å². The second-order valence-corrected chi connectivity index (χ2v) is 6.87. The lowest BCUT2D eigenvalue weighted by molar-refractivity contribution is -0.117. The number of sulfonamides is 1. The third-order valence-corrected chi connectivity index (χ3v) is 4.81. The molecule has 1 aromatic rings. The minimum Gasteiger partial charge on any atom is -0.301 e. The van der Waals surface area contributed by atoms with E-state index in [4.69, 9.17) is 0 Å². The molecular weight excluding hydrogens is 304 g/mol. The van der Waals surface area contributed by atoms with Crippen molar-refractivity contribution in [2.75, 3.05) is 5.32 Å². The van der Waals surface area contributed by atoms with Gasteiger partial charge in [-0.1, -0.05) is 31.1 Å². The Kier molecular flexibility index (Phi) is 6.02. The van der Waals surface area contributed by atoms with Gasteiger partial charge >= 0.3 is 0 Å². The van der Waals surface area contributed by atoms with Gasteiger partial charge in [-0.05, 0) is 6.42 Å². The Bertz CT molecular complexity index is 582. The van der Waals surface area contributed by atoms with Gasteiger partial charge in [-0.25, -0.2) is 4.72 Å². The van der Waals surface area contributed by atoms with E-state index in [1.807, 2.05) is 6.92 Å². The molecule has 1 rings (SSSR count). The summed E-state index contributed by atoms with van der Waals surface area (Å²) >= 11 is 0.692. The number of nitrogens with zero attached hydrogens (tertiary/aromatic N) is 2. The first-order valence-corrected chi connectivity index (χ1v) is 8.32. The summed E-state index contributed by atoms with van der Waals surface area (Å²) in [7, 11) is -4.00. The van der Waals surface area contributed by atoms with Gasteiger partial charge in [0.15, 0.2) is 0 Å². The summed E-state index contributed by atoms with van der Waals surface area (Å²) in [6, 6.07) is 0. The fourth-order valence-corrected chi connectivity index (χ4v) is 3.23. The molecule has 0 atom stereocenters. The van der Waals surface area contributed by atoms with Crippen LogP contribution in [0, 0.1) is 0 Å². The monoisotopic (exact) mass is 320 g/mol. The van der Waals surface area contributed by atoms with Gasteiger partial charge in [-0.3, -0.25) is 9.59 Å². The van der Waals surface area contributed by atoms with Crippen molar-refractivity contribution in [3.63, 3.8) is 0 Å². The Balaban J connectivity index is 2.64. The Morgan fingerprint density at radius 1 is 1.25 bits per heavy atom. The van der Waals surface area contributed by atoms with E-state index >= 15 is 0 Å². The van der Waals surface area contributed by atoms with Gasteiger partial charge in [0.2, 0.25) is 16.9 Å². The summed E-state index contributed by atoms with van der Waals surface area (Å²) in [6.45, 7) is 3.11. The maximum atomic E-state index is 11.6. The third-order valence-electron chi connectivity index (χ3n) is 2.17. The third kappa shape index (κ3) is 5.21. The molecule has 0 fully saturated rings. The van der Waals surface area contributed by atoms with Crippen molar-refractivity contribution in [3.05, 3.63) is 0 Å². The lowest BCUT2D eigenvalue weighted by atomic mass is 10.2. The smallest absolute Gasteiger partial charge is 0.293 e. The molecule has 20 heavy (non-hydrogen) atoms. The predicted octanol–water partition coefficient (Wildman–Crippen LogP) is 0.882. The highest BCUT2D eigenvalue weighted by Crippen LogP contribution is 2.19. The summed E-state index contributed by atoms with van der Waals surface area (Å²) < 4.78 is 24.6. The molecule has 0 saturated carbocycles. The second-order valence-electron chi connectivity index (χ2n) is 4.04. The molecule has 0 aromatic carbocycles. The highest BCUT2D eigenvalue weighted by molar-refractivity contribution is 7.92. The van der Waals surface area contributed by atoms with Crippen molar-refractivity contribution in [3.8, 4) is 0 Å². The highest BCUT2D eigenvalue weighted by atomic mass is 32.2. The Morgan fingerprint density at radius 3 is 2.55 bits per heavy atom. The van der Waals surface area contributed by atoms with Crippen LogP contribution in [0.5, 0.6) is 0 Å². The summed E-state index contributed by atoms with van der Waals surface area (Å²) in [5.41, 5.74) is 0. The number of hydrogen-bond donors (Lipinski definition) is 2. The van der Waals surface area contributed by atoms with Gasteiger partial charge in [-0.15, -0.1) is 10.2 Å². The van der Waals surface area contributed by atoms with Crippen molar-refractivity contribution >= 4 is 38.3 Å². The van der Waals surface area contributed by atoms with Crippen molar-refractivity contribution in [2.24, 2.45) is 0 Å². The fourth-order valence-electron chi connectivity index (χ4n) is 1.32. The normalized spacial score (nSPS) is 11.1. The Morgan fingerprint density at radius 2 is 1.95 bits per heavy atom. The van der Waals surface area contributed by atoms with Gasteiger partial charge in [-0.2, -0.15) is 8.42 Å². The number of carbonyl (C=O) groups excluding carboxylic acids is 2. The molecule has 1 aromatic heterocycles. The van der Waals surface area contributed by atoms with Crippen molar-refractivity contribution in [1.82, 2.24) is 14.9 Å². The number of hydrogen-bond acceptors (Lipinski definition) is 7. The molecule has 0 unspecified atom stereocenters. The van der Waals surface area contributed by atoms with E-state index in [1.165, 1.54) is 0 Å². The zero-order chi connectivity index (χ0) is 15.2. The fraction of sp³-hybridized carbons (Fsp3) is 0.600. The lowest BCUT2D eigenvalue weighted by Crippen LogP contribution is -2.28. The summed E-state index contributed by atoms with van der Waals surface area (Å²) in [4.78, 5) is 22.3. The van der Waals surface area contributed by atoms with Crippen LogP contribution in [-0.2, 0) is 19.6 Å². The minimum atomic E-state index is -4.00. The first-order chi connectivity index (χ1) is 9.35. The number of amides is 2. The summed E-state index contributed by atoms with van der Waals surface area (Å²) in [5, 5.41) is 9.57. The van der Waals surface area contributed by atoms with E-state index in [0.29, 0.717) is 17.8 Å². The van der Waals surface area contributed by atoms with Gasteiger partial charge in [0.25, 0.3) is 14.4 Å². The maximum Gasteiger partial charge on any atom is 0.293 e. The van der Waals surface area contributed by atoms with E-state index in [9.17, 15) is 18.0 Å². The zero-order valence-electron chi connectivity index (χ0n) is 11.2. The molecule has 0 spiro atoms. The molecule has 8 nitrogen and oxygen atoms in total. The highest BCUT2D eigenvalue weighted by Gasteiger charge is 2.21. The van der Waals surface area contributed by atoms with Crippen LogP contribution in [0.3, 0.4) is 0 Å². The molecule has 0 saturated heterocycles. The SMILES string of the molecule is CCCCCC(=O)Nc1nnc(S(=O)(=O)NC(C)=O)s1. The molecule has 0 aliphatic carbocycles. The number of carbonyl (C=O) groups is 2. The first kappa shape index (κ1) is 16.5. The van der Waals surface area contributed by atoms with Crippen LogP contribution >= 0.6 is 11.3 Å². The molecule has 0 bridgehead atoms. The van der Waals surface area contributed by atoms with Crippen molar-refractivity contribution < 1.29 is 18.0 Å². The molecule has 10 heteroatoms. The second kappa shape index (κ2) is 7.29. The molecule has 0 aliphatic heterocycles. The molecule has 2 N–H and O–H groups in total. The minimum absolute atomic E-state index is 0.0930. The van der Waals surface area contributed by atoms with E-state index in [0.717, 1.165) is 26.2 Å². The summed E-state index contributed by atoms with van der Waals surface area (Å²) in [6.07, 6.45) is 3.07. The van der Waals surface area contributed by atoms with Gasteiger partial charge < -0.3 is 5.32 Å². The number of nitrogens with one attached hydrogen (secondary N) is 2. The molecule has 0 radical (unpaired) electrons. The van der Waals surface area contributed by atoms with Crippen LogP contribution < -0.4 is 10.0 Å². The van der Waals surface area contributed by atoms with Crippen LogP contribution in [0.4, 0.5) is 5.13 Å². The van der Waals surface area contributed by atoms with Crippen LogP contribution in [0.2, 0.25) is 0 Å². The van der Waals surface area contributed by atoms with E-state index in [1.54, 1.807) is 4.72 Å². The average molecular weight is 320 g/mol. The zero-order valence-corrected chi connectivity index (χ0v) is 12.8. The Labute approximate surface area is 121 Å². The van der Waals surface area contributed by atoms with E-state index in [2.05, 4.69) is 15.5 Å². The van der Waals surface area contributed by atoms with Crippen LogP contribution in [-0.4, -0.2) is 30.4 Å². The maximum absolute atomic E-state index is 11.6. The van der Waals surface area contributed by atoms with E-state index < -0.39 is 15.9 Å². The molecule has 1 heterocycles. The topological polar surface area (TPSA) is 118 Å². The number of unbranched alkanes of at least 4 members (excludes halogenated alkanes) is 2. The largest absolute Gasteiger partial charge is 0.301 e. The Hall–Kier alpha value is -1.55. The lowest BCUT2D eigenvalue weighted by Gasteiger charge is -2.00. The van der Waals surface area contributed by atoms with Crippen LogP contribution in [0.1, 0.15) is 39.5 Å². The summed E-state index contributed by atoms with van der Waals surface area (Å²) in [5.74, 6) is -0.955. The first-order valence-electron chi connectivity index (χ1n) is 6.02. The van der Waals surface area contributed by atoms with Crippen molar-refractivity contribution in [2.45, 2.75) is 43.9 Å². The van der Waals surface area contributed by atoms with Gasteiger partial charge in [0, 0.05) is 13.3 Å². The molecule has 0 aliphatic rings. The predicted molar refractivity (Wildman–Crippen MR) is 73.7 cm³/mol. The number of rotatable bonds is 7. The average Bonchev–Trinajstić information content (AvgIpc) is 2.77.